The maximum absolute atomic E-state index is 12.1. The van der Waals surface area contributed by atoms with Crippen molar-refractivity contribution < 1.29 is 14.3 Å². The monoisotopic (exact) mass is 306 g/mol. The Bertz CT molecular complexity index is 473. The first-order valence-corrected chi connectivity index (χ1v) is 7.84. The molecule has 0 spiro atoms. The van der Waals surface area contributed by atoms with E-state index in [4.69, 9.17) is 9.47 Å². The van der Waals surface area contributed by atoms with Crippen LogP contribution in [0.15, 0.2) is 24.3 Å². The Kier molecular flexibility index (Phi) is 6.07. The standard InChI is InChI=1S/C17H26N2O3/c1-18(2)17(20)16-6-4-11-19(16)12-5-13-22-15-9-7-14(21-3)8-10-15/h7-10,16H,4-6,11-13H2,1-3H3. The Hall–Kier alpha value is -1.75. The van der Waals surface area contributed by atoms with Crippen molar-refractivity contribution in [2.45, 2.75) is 25.3 Å². The molecule has 1 aromatic rings. The van der Waals surface area contributed by atoms with E-state index in [0.29, 0.717) is 6.61 Å². The molecule has 1 aliphatic heterocycles. The number of nitrogens with zero attached hydrogens (tertiary/aromatic N) is 2. The summed E-state index contributed by atoms with van der Waals surface area (Å²) in [5.41, 5.74) is 0. The number of carbonyl (C=O) groups excluding carboxylic acids is 1. The summed E-state index contributed by atoms with van der Waals surface area (Å²) in [6, 6.07) is 7.65. The topological polar surface area (TPSA) is 42.0 Å². The van der Waals surface area contributed by atoms with Crippen LogP contribution in [0.1, 0.15) is 19.3 Å². The average molecular weight is 306 g/mol. The minimum atomic E-state index is 0.0518. The quantitative estimate of drug-likeness (QED) is 0.723. The predicted octanol–water partition coefficient (Wildman–Crippen LogP) is 2.02. The summed E-state index contributed by atoms with van der Waals surface area (Å²) in [6.07, 6.45) is 2.99. The van der Waals surface area contributed by atoms with Crippen molar-refractivity contribution >= 4 is 5.91 Å². The van der Waals surface area contributed by atoms with Gasteiger partial charge in [-0.2, -0.15) is 0 Å². The molecule has 1 amide bonds. The van der Waals surface area contributed by atoms with Crippen LogP contribution in [0.25, 0.3) is 0 Å². The third kappa shape index (κ3) is 4.37. The molecule has 1 unspecified atom stereocenters. The van der Waals surface area contributed by atoms with E-state index in [-0.39, 0.29) is 11.9 Å². The number of ether oxygens (including phenoxy) is 2. The van der Waals surface area contributed by atoms with Gasteiger partial charge in [-0.15, -0.1) is 0 Å². The van der Waals surface area contributed by atoms with Crippen molar-refractivity contribution in [2.24, 2.45) is 0 Å². The number of likely N-dealkylation sites (N-methyl/N-ethyl adjacent to an activating group) is 1. The molecule has 0 aliphatic carbocycles. The molecule has 0 saturated carbocycles. The van der Waals surface area contributed by atoms with Gasteiger partial charge in [0, 0.05) is 20.6 Å². The van der Waals surface area contributed by atoms with Gasteiger partial charge in [-0.05, 0) is 50.1 Å². The second-order valence-electron chi connectivity index (χ2n) is 5.80. The second kappa shape index (κ2) is 8.03. The molecule has 1 aromatic carbocycles. The van der Waals surface area contributed by atoms with Crippen LogP contribution in [-0.2, 0) is 4.79 Å². The Labute approximate surface area is 132 Å². The number of carbonyl (C=O) groups is 1. The minimum absolute atomic E-state index is 0.0518. The fourth-order valence-electron chi connectivity index (χ4n) is 2.80. The highest BCUT2D eigenvalue weighted by Crippen LogP contribution is 2.20. The molecular formula is C17H26N2O3. The SMILES string of the molecule is COc1ccc(OCCCN2CCCC2C(=O)N(C)C)cc1. The lowest BCUT2D eigenvalue weighted by molar-refractivity contribution is -0.133. The summed E-state index contributed by atoms with van der Waals surface area (Å²) < 4.78 is 10.8. The first kappa shape index (κ1) is 16.6. The van der Waals surface area contributed by atoms with E-state index in [1.54, 1.807) is 12.0 Å². The molecule has 1 heterocycles. The van der Waals surface area contributed by atoms with Gasteiger partial charge in [0.05, 0.1) is 19.8 Å². The Balaban J connectivity index is 1.72. The number of hydrogen-bond acceptors (Lipinski definition) is 4. The predicted molar refractivity (Wildman–Crippen MR) is 86.4 cm³/mol. The summed E-state index contributed by atoms with van der Waals surface area (Å²) >= 11 is 0. The Morgan fingerprint density at radius 1 is 1.27 bits per heavy atom. The smallest absolute Gasteiger partial charge is 0.239 e. The van der Waals surface area contributed by atoms with Crippen molar-refractivity contribution in [1.29, 1.82) is 0 Å². The summed E-state index contributed by atoms with van der Waals surface area (Å²) in [6.45, 7) is 2.57. The highest BCUT2D eigenvalue weighted by atomic mass is 16.5. The molecule has 0 radical (unpaired) electrons. The van der Waals surface area contributed by atoms with Gasteiger partial charge in [-0.1, -0.05) is 0 Å². The van der Waals surface area contributed by atoms with E-state index < -0.39 is 0 Å². The van der Waals surface area contributed by atoms with Gasteiger partial charge in [-0.25, -0.2) is 0 Å². The largest absolute Gasteiger partial charge is 0.497 e. The third-order valence-corrected chi connectivity index (χ3v) is 4.01. The van der Waals surface area contributed by atoms with Crippen molar-refractivity contribution in [3.05, 3.63) is 24.3 Å². The van der Waals surface area contributed by atoms with Crippen molar-refractivity contribution in [3.8, 4) is 11.5 Å². The molecule has 1 saturated heterocycles. The average Bonchev–Trinajstić information content (AvgIpc) is 2.99. The number of amides is 1. The number of likely N-dealkylation sites (tertiary alicyclic amines) is 1. The first-order chi connectivity index (χ1) is 10.6. The van der Waals surface area contributed by atoms with Gasteiger partial charge < -0.3 is 14.4 Å². The molecule has 0 bridgehead atoms. The van der Waals surface area contributed by atoms with Crippen LogP contribution < -0.4 is 9.47 Å². The fraction of sp³-hybridized carbons (Fsp3) is 0.588. The molecule has 0 N–H and O–H groups in total. The van der Waals surface area contributed by atoms with Gasteiger partial charge in [-0.3, -0.25) is 9.69 Å². The molecule has 5 heteroatoms. The number of methoxy groups -OCH3 is 1. The molecule has 1 atom stereocenters. The zero-order valence-corrected chi connectivity index (χ0v) is 13.7. The van der Waals surface area contributed by atoms with Crippen molar-refractivity contribution in [3.63, 3.8) is 0 Å². The van der Waals surface area contributed by atoms with Crippen LogP contribution in [0, 0.1) is 0 Å². The summed E-state index contributed by atoms with van der Waals surface area (Å²) in [5.74, 6) is 1.89. The van der Waals surface area contributed by atoms with Crippen LogP contribution in [0.3, 0.4) is 0 Å². The van der Waals surface area contributed by atoms with Crippen LogP contribution in [-0.4, -0.2) is 62.7 Å². The van der Waals surface area contributed by atoms with Gasteiger partial charge in [0.15, 0.2) is 0 Å². The van der Waals surface area contributed by atoms with Crippen LogP contribution in [0.5, 0.6) is 11.5 Å². The number of rotatable bonds is 7. The maximum Gasteiger partial charge on any atom is 0.239 e. The Morgan fingerprint density at radius 3 is 2.59 bits per heavy atom. The first-order valence-electron chi connectivity index (χ1n) is 7.84. The zero-order valence-electron chi connectivity index (χ0n) is 13.7. The fourth-order valence-corrected chi connectivity index (χ4v) is 2.80. The van der Waals surface area contributed by atoms with Crippen LogP contribution >= 0.6 is 0 Å². The third-order valence-electron chi connectivity index (χ3n) is 4.01. The highest BCUT2D eigenvalue weighted by molar-refractivity contribution is 5.81. The van der Waals surface area contributed by atoms with Crippen LogP contribution in [0.4, 0.5) is 0 Å². The second-order valence-corrected chi connectivity index (χ2v) is 5.80. The molecule has 0 aromatic heterocycles. The van der Waals surface area contributed by atoms with Crippen molar-refractivity contribution in [1.82, 2.24) is 9.80 Å². The maximum atomic E-state index is 12.1. The molecular weight excluding hydrogens is 280 g/mol. The minimum Gasteiger partial charge on any atom is -0.497 e. The van der Waals surface area contributed by atoms with E-state index >= 15 is 0 Å². The summed E-state index contributed by atoms with van der Waals surface area (Å²) in [5, 5.41) is 0. The normalized spacial score (nSPS) is 18.2. The zero-order chi connectivity index (χ0) is 15.9. The van der Waals surface area contributed by atoms with E-state index in [1.165, 1.54) is 0 Å². The van der Waals surface area contributed by atoms with E-state index in [9.17, 15) is 4.79 Å². The number of hydrogen-bond donors (Lipinski definition) is 0. The van der Waals surface area contributed by atoms with Gasteiger partial charge in [0.2, 0.25) is 5.91 Å². The molecule has 1 aliphatic rings. The van der Waals surface area contributed by atoms with Gasteiger partial charge in [0.1, 0.15) is 11.5 Å². The van der Waals surface area contributed by atoms with Crippen molar-refractivity contribution in [2.75, 3.05) is 40.9 Å². The molecule has 122 valence electrons. The van der Waals surface area contributed by atoms with E-state index in [0.717, 1.165) is 43.9 Å². The molecule has 5 nitrogen and oxygen atoms in total. The molecule has 1 fully saturated rings. The molecule has 22 heavy (non-hydrogen) atoms. The lowest BCUT2D eigenvalue weighted by atomic mass is 10.2. The lowest BCUT2D eigenvalue weighted by Crippen LogP contribution is -2.43. The van der Waals surface area contributed by atoms with Gasteiger partial charge >= 0.3 is 0 Å². The summed E-state index contributed by atoms with van der Waals surface area (Å²) in [4.78, 5) is 16.1. The van der Waals surface area contributed by atoms with Crippen LogP contribution in [0.2, 0.25) is 0 Å². The Morgan fingerprint density at radius 2 is 1.95 bits per heavy atom. The highest BCUT2D eigenvalue weighted by Gasteiger charge is 2.30. The van der Waals surface area contributed by atoms with Gasteiger partial charge in [0.25, 0.3) is 0 Å². The molecule has 2 rings (SSSR count). The van der Waals surface area contributed by atoms with E-state index in [1.807, 2.05) is 38.4 Å². The van der Waals surface area contributed by atoms with E-state index in [2.05, 4.69) is 4.90 Å². The number of benzene rings is 1. The lowest BCUT2D eigenvalue weighted by Gasteiger charge is -2.25. The summed E-state index contributed by atoms with van der Waals surface area (Å²) in [7, 11) is 5.30.